The topological polar surface area (TPSA) is 37.3 Å². The molecule has 90 valence electrons. The number of carbonyl (C=O) groups is 1. The maximum atomic E-state index is 12.1. The summed E-state index contributed by atoms with van der Waals surface area (Å²) >= 11 is 0. The molecule has 0 atom stereocenters. The molecule has 0 saturated carbocycles. The summed E-state index contributed by atoms with van der Waals surface area (Å²) in [7, 11) is 0. The summed E-state index contributed by atoms with van der Waals surface area (Å²) in [5.41, 5.74) is 2.03. The summed E-state index contributed by atoms with van der Waals surface area (Å²) in [6, 6.07) is 18.7. The lowest BCUT2D eigenvalue weighted by Gasteiger charge is -2.05. The molecule has 0 unspecified atom stereocenters. The van der Waals surface area contributed by atoms with E-state index < -0.39 is 0 Å². The molecule has 0 amide bonds. The van der Waals surface area contributed by atoms with Crippen LogP contribution < -0.4 is 0 Å². The first-order valence-corrected chi connectivity index (χ1v) is 5.78. The summed E-state index contributed by atoms with van der Waals surface area (Å²) in [6.45, 7) is 0. The number of hydrogen-bond donors (Lipinski definition) is 1. The van der Waals surface area contributed by atoms with Gasteiger partial charge in [0.2, 0.25) is 0 Å². The van der Waals surface area contributed by atoms with Gasteiger partial charge in [-0.25, -0.2) is 0 Å². The number of aliphatic hydroxyl groups is 1. The van der Waals surface area contributed by atoms with Gasteiger partial charge in [0.1, 0.15) is 0 Å². The predicted octanol–water partition coefficient (Wildman–Crippen LogP) is 3.40. The summed E-state index contributed by atoms with van der Waals surface area (Å²) in [5.74, 6) is -0.0881. The van der Waals surface area contributed by atoms with E-state index in [1.54, 1.807) is 0 Å². The Morgan fingerprint density at radius 3 is 2.06 bits per heavy atom. The zero-order chi connectivity index (χ0) is 12.8. The van der Waals surface area contributed by atoms with Gasteiger partial charge in [-0.2, -0.15) is 0 Å². The van der Waals surface area contributed by atoms with Crippen LogP contribution in [-0.4, -0.2) is 10.9 Å². The quantitative estimate of drug-likeness (QED) is 0.654. The molecule has 0 saturated heterocycles. The van der Waals surface area contributed by atoms with E-state index in [0.29, 0.717) is 12.0 Å². The zero-order valence-electron chi connectivity index (χ0n) is 9.91. The minimum Gasteiger partial charge on any atom is -0.515 e. The second-order valence-corrected chi connectivity index (χ2v) is 3.99. The molecule has 2 heteroatoms. The van der Waals surface area contributed by atoms with Gasteiger partial charge >= 0.3 is 0 Å². The molecule has 0 aromatic heterocycles. The molecule has 0 bridgehead atoms. The van der Waals surface area contributed by atoms with Crippen LogP contribution >= 0.6 is 0 Å². The molecule has 0 heterocycles. The monoisotopic (exact) mass is 238 g/mol. The van der Waals surface area contributed by atoms with E-state index in [2.05, 4.69) is 0 Å². The third kappa shape index (κ3) is 2.86. The SMILES string of the molecule is O=C(Cc1ccccc1)/C(=C/O)c1ccccc1. The minimum atomic E-state index is -0.0881. The fourth-order valence-electron chi connectivity index (χ4n) is 1.80. The lowest BCUT2D eigenvalue weighted by molar-refractivity contribution is -0.113. The molecule has 0 aliphatic carbocycles. The first-order valence-electron chi connectivity index (χ1n) is 5.78. The fraction of sp³-hybridized carbons (Fsp3) is 0.0625. The number of benzene rings is 2. The number of ketones is 1. The van der Waals surface area contributed by atoms with Crippen LogP contribution in [0.2, 0.25) is 0 Å². The smallest absolute Gasteiger partial charge is 0.170 e. The van der Waals surface area contributed by atoms with Crippen LogP contribution in [0, 0.1) is 0 Å². The third-order valence-corrected chi connectivity index (χ3v) is 2.72. The highest BCUT2D eigenvalue weighted by Crippen LogP contribution is 2.16. The average Bonchev–Trinajstić information content (AvgIpc) is 2.42. The van der Waals surface area contributed by atoms with E-state index in [-0.39, 0.29) is 5.78 Å². The summed E-state index contributed by atoms with van der Waals surface area (Å²) < 4.78 is 0. The van der Waals surface area contributed by atoms with Crippen molar-refractivity contribution in [2.45, 2.75) is 6.42 Å². The molecule has 1 N–H and O–H groups in total. The largest absolute Gasteiger partial charge is 0.515 e. The Bertz CT molecular complexity index is 542. The van der Waals surface area contributed by atoms with Crippen LogP contribution in [0.5, 0.6) is 0 Å². The van der Waals surface area contributed by atoms with Crippen LogP contribution in [0.1, 0.15) is 11.1 Å². The molecule has 0 radical (unpaired) electrons. The van der Waals surface area contributed by atoms with Crippen molar-refractivity contribution < 1.29 is 9.90 Å². The van der Waals surface area contributed by atoms with Crippen molar-refractivity contribution >= 4 is 11.4 Å². The van der Waals surface area contributed by atoms with Gasteiger partial charge in [-0.1, -0.05) is 60.7 Å². The Labute approximate surface area is 106 Å². The number of allylic oxidation sites excluding steroid dienone is 1. The van der Waals surface area contributed by atoms with E-state index in [1.165, 1.54) is 0 Å². The lowest BCUT2D eigenvalue weighted by atomic mass is 9.98. The Balaban J connectivity index is 2.18. The van der Waals surface area contributed by atoms with Crippen molar-refractivity contribution in [1.29, 1.82) is 0 Å². The molecular weight excluding hydrogens is 224 g/mol. The van der Waals surface area contributed by atoms with Gasteiger partial charge in [0.05, 0.1) is 11.8 Å². The molecular formula is C16H14O2. The van der Waals surface area contributed by atoms with Crippen molar-refractivity contribution in [1.82, 2.24) is 0 Å². The maximum absolute atomic E-state index is 12.1. The first-order chi connectivity index (χ1) is 8.81. The Kier molecular flexibility index (Phi) is 3.92. The van der Waals surface area contributed by atoms with Crippen LogP contribution in [0.4, 0.5) is 0 Å². The van der Waals surface area contributed by atoms with Crippen LogP contribution in [0.3, 0.4) is 0 Å². The van der Waals surface area contributed by atoms with Crippen LogP contribution in [-0.2, 0) is 11.2 Å². The molecule has 2 nitrogen and oxygen atoms in total. The second-order valence-electron chi connectivity index (χ2n) is 3.99. The molecule has 18 heavy (non-hydrogen) atoms. The van der Waals surface area contributed by atoms with Gasteiger partial charge in [-0.15, -0.1) is 0 Å². The first kappa shape index (κ1) is 12.1. The van der Waals surface area contributed by atoms with E-state index in [0.717, 1.165) is 17.4 Å². The molecule has 0 fully saturated rings. The summed E-state index contributed by atoms with van der Waals surface area (Å²) in [5, 5.41) is 9.25. The standard InChI is InChI=1S/C16H14O2/c17-12-15(14-9-5-2-6-10-14)16(18)11-13-7-3-1-4-8-13/h1-10,12,17H,11H2/b15-12+. The van der Waals surface area contributed by atoms with E-state index in [9.17, 15) is 9.90 Å². The zero-order valence-corrected chi connectivity index (χ0v) is 9.91. The average molecular weight is 238 g/mol. The highest BCUT2D eigenvalue weighted by molar-refractivity contribution is 6.21. The number of rotatable bonds is 4. The number of hydrogen-bond acceptors (Lipinski definition) is 2. The van der Waals surface area contributed by atoms with Gasteiger partial charge in [-0.05, 0) is 11.1 Å². The number of Topliss-reactive ketones (excluding diaryl/α,β-unsaturated/α-hetero) is 1. The maximum Gasteiger partial charge on any atom is 0.170 e. The van der Waals surface area contributed by atoms with Crippen molar-refractivity contribution in [2.24, 2.45) is 0 Å². The van der Waals surface area contributed by atoms with E-state index in [1.807, 2.05) is 60.7 Å². The van der Waals surface area contributed by atoms with Crippen LogP contribution in [0.15, 0.2) is 66.9 Å². The highest BCUT2D eigenvalue weighted by Gasteiger charge is 2.12. The van der Waals surface area contributed by atoms with Crippen molar-refractivity contribution in [3.63, 3.8) is 0 Å². The molecule has 0 spiro atoms. The normalized spacial score (nSPS) is 11.2. The molecule has 0 aliphatic rings. The van der Waals surface area contributed by atoms with Crippen LogP contribution in [0.25, 0.3) is 5.57 Å². The van der Waals surface area contributed by atoms with Gasteiger partial charge < -0.3 is 5.11 Å². The van der Waals surface area contributed by atoms with Gasteiger partial charge in [0, 0.05) is 6.42 Å². The number of aliphatic hydroxyl groups excluding tert-OH is 1. The summed E-state index contributed by atoms with van der Waals surface area (Å²) in [6.07, 6.45) is 1.18. The van der Waals surface area contributed by atoms with Crippen molar-refractivity contribution in [2.75, 3.05) is 0 Å². The molecule has 2 aromatic rings. The predicted molar refractivity (Wildman–Crippen MR) is 72.2 cm³/mol. The highest BCUT2D eigenvalue weighted by atomic mass is 16.2. The van der Waals surface area contributed by atoms with Gasteiger partial charge in [0.15, 0.2) is 5.78 Å². The number of carbonyl (C=O) groups excluding carboxylic acids is 1. The molecule has 2 aromatic carbocycles. The Morgan fingerprint density at radius 2 is 1.50 bits per heavy atom. The Hall–Kier alpha value is -2.35. The minimum absolute atomic E-state index is 0.0881. The third-order valence-electron chi connectivity index (χ3n) is 2.72. The molecule has 0 aliphatic heterocycles. The van der Waals surface area contributed by atoms with Gasteiger partial charge in [0.25, 0.3) is 0 Å². The fourth-order valence-corrected chi connectivity index (χ4v) is 1.80. The lowest BCUT2D eigenvalue weighted by Crippen LogP contribution is -2.05. The summed E-state index contributed by atoms with van der Waals surface area (Å²) in [4.78, 5) is 12.1. The van der Waals surface area contributed by atoms with E-state index >= 15 is 0 Å². The Morgan fingerprint density at radius 1 is 0.944 bits per heavy atom. The molecule has 2 rings (SSSR count). The van der Waals surface area contributed by atoms with Crippen molar-refractivity contribution in [3.05, 3.63) is 78.1 Å². The van der Waals surface area contributed by atoms with E-state index in [4.69, 9.17) is 0 Å². The second kappa shape index (κ2) is 5.82. The van der Waals surface area contributed by atoms with Gasteiger partial charge in [-0.3, -0.25) is 4.79 Å². The van der Waals surface area contributed by atoms with Crippen molar-refractivity contribution in [3.8, 4) is 0 Å².